The van der Waals surface area contributed by atoms with Crippen molar-refractivity contribution in [2.45, 2.75) is 51.6 Å². The quantitative estimate of drug-likeness (QED) is 0.919. The van der Waals surface area contributed by atoms with Crippen LogP contribution in [0.1, 0.15) is 43.0 Å². The maximum atomic E-state index is 9.35. The summed E-state index contributed by atoms with van der Waals surface area (Å²) in [6.07, 6.45) is 5.93. The second-order valence-electron chi connectivity index (χ2n) is 6.05. The van der Waals surface area contributed by atoms with Gasteiger partial charge in [0, 0.05) is 13.0 Å². The number of aryl methyl sites for hydroxylation is 2. The minimum atomic E-state index is 0.329. The highest BCUT2D eigenvalue weighted by Crippen LogP contribution is 2.23. The zero-order valence-corrected chi connectivity index (χ0v) is 13.0. The molecule has 2 heterocycles. The highest BCUT2D eigenvalue weighted by atomic mass is 16.5. The fourth-order valence-electron chi connectivity index (χ4n) is 3.18. The average Bonchev–Trinajstić information content (AvgIpc) is 2.93. The molecule has 0 amide bonds. The number of hydrogen-bond acceptors (Lipinski definition) is 5. The molecule has 22 heavy (non-hydrogen) atoms. The van der Waals surface area contributed by atoms with Crippen LogP contribution in [0.2, 0.25) is 0 Å². The summed E-state index contributed by atoms with van der Waals surface area (Å²) in [6.45, 7) is 3.71. The summed E-state index contributed by atoms with van der Waals surface area (Å²) in [5.41, 5.74) is 1.28. The van der Waals surface area contributed by atoms with Gasteiger partial charge in [-0.3, -0.25) is 4.90 Å². The van der Waals surface area contributed by atoms with E-state index >= 15 is 0 Å². The molecule has 5 nitrogen and oxygen atoms in total. The Hall–Kier alpha value is -1.88. The third-order valence-electron chi connectivity index (χ3n) is 4.37. The highest BCUT2D eigenvalue weighted by molar-refractivity contribution is 5.25. The minimum absolute atomic E-state index is 0.329. The second kappa shape index (κ2) is 6.92. The molecular formula is C17H23N3O2. The lowest BCUT2D eigenvalue weighted by atomic mass is 9.96. The predicted molar refractivity (Wildman–Crippen MR) is 83.5 cm³/mol. The largest absolute Gasteiger partial charge is 0.508 e. The fraction of sp³-hybridized carbons (Fsp3) is 0.529. The molecule has 1 aliphatic rings. The van der Waals surface area contributed by atoms with E-state index in [4.69, 9.17) is 4.52 Å². The van der Waals surface area contributed by atoms with Crippen molar-refractivity contribution in [3.8, 4) is 5.75 Å². The van der Waals surface area contributed by atoms with Crippen molar-refractivity contribution < 1.29 is 9.63 Å². The Morgan fingerprint density at radius 2 is 2.09 bits per heavy atom. The molecule has 0 saturated carbocycles. The van der Waals surface area contributed by atoms with Crippen molar-refractivity contribution in [1.82, 2.24) is 15.0 Å². The van der Waals surface area contributed by atoms with Crippen LogP contribution in [-0.2, 0) is 13.0 Å². The minimum Gasteiger partial charge on any atom is -0.508 e. The first-order valence-electron chi connectivity index (χ1n) is 8.02. The molecule has 0 spiro atoms. The van der Waals surface area contributed by atoms with Crippen LogP contribution < -0.4 is 0 Å². The molecule has 1 N–H and O–H groups in total. The van der Waals surface area contributed by atoms with E-state index in [1.54, 1.807) is 12.1 Å². The van der Waals surface area contributed by atoms with Gasteiger partial charge < -0.3 is 9.63 Å². The number of phenolic OH excluding ortho intramolecular Hbond substituents is 1. The van der Waals surface area contributed by atoms with E-state index in [1.165, 1.54) is 24.8 Å². The molecular weight excluding hydrogens is 278 g/mol. The molecule has 1 aromatic carbocycles. The molecule has 0 unspecified atom stereocenters. The number of nitrogens with zero attached hydrogens (tertiary/aromatic N) is 3. The maximum absolute atomic E-state index is 9.35. The smallest absolute Gasteiger partial charge is 0.223 e. The van der Waals surface area contributed by atoms with Crippen LogP contribution in [-0.4, -0.2) is 32.7 Å². The number of piperidine rings is 1. The number of benzene rings is 1. The number of rotatable bonds is 5. The van der Waals surface area contributed by atoms with Crippen LogP contribution >= 0.6 is 0 Å². The van der Waals surface area contributed by atoms with E-state index in [9.17, 15) is 5.11 Å². The monoisotopic (exact) mass is 301 g/mol. The first-order valence-corrected chi connectivity index (χ1v) is 8.02. The number of likely N-dealkylation sites (tertiary alicyclic amines) is 1. The average molecular weight is 301 g/mol. The van der Waals surface area contributed by atoms with Gasteiger partial charge in [-0.15, -0.1) is 0 Å². The van der Waals surface area contributed by atoms with Crippen LogP contribution in [0.15, 0.2) is 28.8 Å². The highest BCUT2D eigenvalue weighted by Gasteiger charge is 2.23. The molecule has 3 rings (SSSR count). The van der Waals surface area contributed by atoms with Crippen LogP contribution in [0.3, 0.4) is 0 Å². The normalized spacial score (nSPS) is 19.4. The van der Waals surface area contributed by atoms with Gasteiger partial charge in [0.05, 0.1) is 6.54 Å². The first kappa shape index (κ1) is 15.0. The van der Waals surface area contributed by atoms with Crippen molar-refractivity contribution in [3.63, 3.8) is 0 Å². The van der Waals surface area contributed by atoms with Gasteiger partial charge in [-0.05, 0) is 49.9 Å². The van der Waals surface area contributed by atoms with Gasteiger partial charge in [0.2, 0.25) is 5.89 Å². The van der Waals surface area contributed by atoms with E-state index in [2.05, 4.69) is 15.0 Å². The number of hydrogen-bond donors (Lipinski definition) is 1. The van der Waals surface area contributed by atoms with Crippen molar-refractivity contribution in [2.75, 3.05) is 6.54 Å². The van der Waals surface area contributed by atoms with Gasteiger partial charge in [-0.1, -0.05) is 23.7 Å². The van der Waals surface area contributed by atoms with Crippen LogP contribution in [0.5, 0.6) is 5.75 Å². The molecule has 1 saturated heterocycles. The van der Waals surface area contributed by atoms with Crippen molar-refractivity contribution in [3.05, 3.63) is 41.5 Å². The van der Waals surface area contributed by atoms with Crippen molar-refractivity contribution in [2.24, 2.45) is 0 Å². The number of phenols is 1. The molecule has 0 aliphatic carbocycles. The fourth-order valence-corrected chi connectivity index (χ4v) is 3.18. The van der Waals surface area contributed by atoms with E-state index in [0.29, 0.717) is 17.7 Å². The topological polar surface area (TPSA) is 62.4 Å². The molecule has 1 aliphatic heterocycles. The molecule has 0 bridgehead atoms. The summed E-state index contributed by atoms with van der Waals surface area (Å²) in [5, 5.41) is 13.4. The standard InChI is InChI=1S/C17H23N3O2/c1-13-18-17(19-22-13)12-20-11-3-2-4-15(20)8-5-14-6-9-16(21)10-7-14/h6-7,9-10,15,21H,2-5,8,11-12H2,1H3/t15-/m0/s1. The molecule has 2 aromatic rings. The Morgan fingerprint density at radius 3 is 2.82 bits per heavy atom. The van der Waals surface area contributed by atoms with Crippen LogP contribution in [0.25, 0.3) is 0 Å². The Bertz CT molecular complexity index is 594. The predicted octanol–water partition coefficient (Wildman–Crippen LogP) is 3.07. The number of aromatic hydroxyl groups is 1. The third-order valence-corrected chi connectivity index (χ3v) is 4.37. The summed E-state index contributed by atoms with van der Waals surface area (Å²) in [7, 11) is 0. The zero-order chi connectivity index (χ0) is 15.4. The van der Waals surface area contributed by atoms with Gasteiger partial charge in [0.15, 0.2) is 5.82 Å². The van der Waals surface area contributed by atoms with Gasteiger partial charge in [0.1, 0.15) is 5.75 Å². The van der Waals surface area contributed by atoms with Gasteiger partial charge >= 0.3 is 0 Å². The Labute approximate surface area is 131 Å². The second-order valence-corrected chi connectivity index (χ2v) is 6.05. The molecule has 118 valence electrons. The van der Waals surface area contributed by atoms with E-state index in [1.807, 2.05) is 19.1 Å². The van der Waals surface area contributed by atoms with Crippen LogP contribution in [0.4, 0.5) is 0 Å². The summed E-state index contributed by atoms with van der Waals surface area (Å²) >= 11 is 0. The lowest BCUT2D eigenvalue weighted by Gasteiger charge is -2.35. The molecule has 0 radical (unpaired) electrons. The Balaban J connectivity index is 1.58. The van der Waals surface area contributed by atoms with Crippen molar-refractivity contribution in [1.29, 1.82) is 0 Å². The maximum Gasteiger partial charge on any atom is 0.223 e. The summed E-state index contributed by atoms with van der Waals surface area (Å²) in [6, 6.07) is 8.10. The Kier molecular flexibility index (Phi) is 4.73. The molecule has 1 aromatic heterocycles. The zero-order valence-electron chi connectivity index (χ0n) is 13.0. The van der Waals surface area contributed by atoms with E-state index < -0.39 is 0 Å². The van der Waals surface area contributed by atoms with Gasteiger partial charge in [0.25, 0.3) is 0 Å². The Morgan fingerprint density at radius 1 is 1.27 bits per heavy atom. The molecule has 5 heteroatoms. The number of aromatic nitrogens is 2. The van der Waals surface area contributed by atoms with E-state index in [0.717, 1.165) is 31.8 Å². The summed E-state index contributed by atoms with van der Waals surface area (Å²) in [5.74, 6) is 1.75. The summed E-state index contributed by atoms with van der Waals surface area (Å²) < 4.78 is 5.07. The SMILES string of the molecule is Cc1nc(CN2CCCC[C@H]2CCc2ccc(O)cc2)no1. The van der Waals surface area contributed by atoms with E-state index in [-0.39, 0.29) is 0 Å². The van der Waals surface area contributed by atoms with Gasteiger partial charge in [-0.25, -0.2) is 0 Å². The summed E-state index contributed by atoms with van der Waals surface area (Å²) in [4.78, 5) is 6.80. The molecule has 1 fully saturated rings. The lowest BCUT2D eigenvalue weighted by molar-refractivity contribution is 0.128. The third kappa shape index (κ3) is 3.85. The van der Waals surface area contributed by atoms with Crippen LogP contribution in [0, 0.1) is 6.92 Å². The van der Waals surface area contributed by atoms with Crippen molar-refractivity contribution >= 4 is 0 Å². The lowest BCUT2D eigenvalue weighted by Crippen LogP contribution is -2.39. The molecule has 1 atom stereocenters. The first-order chi connectivity index (χ1) is 10.7. The van der Waals surface area contributed by atoms with Gasteiger partial charge in [-0.2, -0.15) is 4.98 Å².